The molecule has 1 aromatic heterocycles. The zero-order valence-corrected chi connectivity index (χ0v) is 12.5. The monoisotopic (exact) mass is 322 g/mol. The Bertz CT molecular complexity index is 718. The fraction of sp³-hybridized carbons (Fsp3) is 0.133. The molecule has 2 rings (SSSR count). The van der Waals surface area contributed by atoms with Crippen LogP contribution in [0.5, 0.6) is 0 Å². The summed E-state index contributed by atoms with van der Waals surface area (Å²) in [5.41, 5.74) is 6.50. The van der Waals surface area contributed by atoms with Crippen LogP contribution in [-0.2, 0) is 6.54 Å². The summed E-state index contributed by atoms with van der Waals surface area (Å²) in [6.45, 7) is 0.635. The van der Waals surface area contributed by atoms with Crippen molar-refractivity contribution in [2.24, 2.45) is 5.73 Å². The number of carbonyl (C=O) groups is 1. The van der Waals surface area contributed by atoms with Crippen LogP contribution in [0.3, 0.4) is 0 Å². The van der Waals surface area contributed by atoms with Crippen molar-refractivity contribution in [2.45, 2.75) is 6.54 Å². The predicted octanol–water partition coefficient (Wildman–Crippen LogP) is 2.78. The number of hydrogen-bond donors (Lipinski definition) is 2. The fourth-order valence-electron chi connectivity index (χ4n) is 1.64. The van der Waals surface area contributed by atoms with Gasteiger partial charge in [0.1, 0.15) is 5.82 Å². The Morgan fingerprint density at radius 1 is 1.43 bits per heavy atom. The van der Waals surface area contributed by atoms with Crippen molar-refractivity contribution in [1.82, 2.24) is 5.32 Å². The molecule has 0 bridgehead atoms. The lowest BCUT2D eigenvalue weighted by Gasteiger charge is -2.05. The molecule has 6 heteroatoms. The van der Waals surface area contributed by atoms with E-state index in [0.717, 1.165) is 10.4 Å². The van der Waals surface area contributed by atoms with E-state index in [-0.39, 0.29) is 17.5 Å². The molecule has 108 valence electrons. The summed E-state index contributed by atoms with van der Waals surface area (Å²) in [5.74, 6) is 4.86. The van der Waals surface area contributed by atoms with Gasteiger partial charge in [-0.25, -0.2) is 4.39 Å². The number of halogens is 2. The van der Waals surface area contributed by atoms with Crippen LogP contribution in [0, 0.1) is 17.7 Å². The van der Waals surface area contributed by atoms with Crippen molar-refractivity contribution in [3.05, 3.63) is 56.5 Å². The lowest BCUT2D eigenvalue weighted by atomic mass is 10.2. The Morgan fingerprint density at radius 2 is 2.24 bits per heavy atom. The van der Waals surface area contributed by atoms with Gasteiger partial charge in [-0.2, -0.15) is 0 Å². The first kappa shape index (κ1) is 15.5. The lowest BCUT2D eigenvalue weighted by Crippen LogP contribution is -2.22. The van der Waals surface area contributed by atoms with Gasteiger partial charge in [-0.3, -0.25) is 4.79 Å². The van der Waals surface area contributed by atoms with Gasteiger partial charge in [0.2, 0.25) is 0 Å². The molecular weight excluding hydrogens is 311 g/mol. The molecule has 3 nitrogen and oxygen atoms in total. The van der Waals surface area contributed by atoms with Gasteiger partial charge in [0, 0.05) is 16.0 Å². The highest BCUT2D eigenvalue weighted by molar-refractivity contribution is 7.10. The van der Waals surface area contributed by atoms with E-state index in [1.165, 1.54) is 29.5 Å². The number of carbonyl (C=O) groups excluding carboxylic acids is 1. The third-order valence-electron chi connectivity index (χ3n) is 2.66. The van der Waals surface area contributed by atoms with Crippen LogP contribution in [0.4, 0.5) is 4.39 Å². The van der Waals surface area contributed by atoms with Gasteiger partial charge in [0.25, 0.3) is 5.91 Å². The van der Waals surface area contributed by atoms with Gasteiger partial charge in [-0.1, -0.05) is 23.4 Å². The molecule has 0 aliphatic heterocycles. The minimum Gasteiger partial charge on any atom is -0.347 e. The van der Waals surface area contributed by atoms with Crippen LogP contribution in [0.1, 0.15) is 20.8 Å². The summed E-state index contributed by atoms with van der Waals surface area (Å²) in [5, 5.41) is 4.58. The molecule has 2 aromatic rings. The van der Waals surface area contributed by atoms with E-state index in [2.05, 4.69) is 17.2 Å². The van der Waals surface area contributed by atoms with Gasteiger partial charge in [0.05, 0.1) is 18.1 Å². The highest BCUT2D eigenvalue weighted by Crippen LogP contribution is 2.17. The van der Waals surface area contributed by atoms with Gasteiger partial charge < -0.3 is 11.1 Å². The van der Waals surface area contributed by atoms with Crippen LogP contribution in [-0.4, -0.2) is 12.5 Å². The molecule has 1 heterocycles. The number of benzene rings is 1. The quantitative estimate of drug-likeness (QED) is 0.854. The van der Waals surface area contributed by atoms with E-state index >= 15 is 0 Å². The Kier molecular flexibility index (Phi) is 5.34. The lowest BCUT2D eigenvalue weighted by molar-refractivity contribution is 0.0951. The van der Waals surface area contributed by atoms with Crippen molar-refractivity contribution in [3.63, 3.8) is 0 Å². The second kappa shape index (κ2) is 7.23. The van der Waals surface area contributed by atoms with Crippen LogP contribution in [0.25, 0.3) is 0 Å². The van der Waals surface area contributed by atoms with E-state index in [0.29, 0.717) is 12.1 Å². The summed E-state index contributed by atoms with van der Waals surface area (Å²) in [4.78, 5) is 12.9. The highest BCUT2D eigenvalue weighted by atomic mass is 35.5. The number of nitrogens with two attached hydrogens (primary N) is 1. The second-order valence-electron chi connectivity index (χ2n) is 4.07. The molecule has 0 radical (unpaired) electrons. The van der Waals surface area contributed by atoms with E-state index in [9.17, 15) is 9.18 Å². The Hall–Kier alpha value is -1.87. The molecule has 0 aliphatic rings. The number of thiophene rings is 1. The average molecular weight is 323 g/mol. The maximum absolute atomic E-state index is 13.1. The summed E-state index contributed by atoms with van der Waals surface area (Å²) in [6.07, 6.45) is 0. The Labute approximate surface area is 130 Å². The van der Waals surface area contributed by atoms with E-state index in [1.807, 2.05) is 11.4 Å². The fourth-order valence-corrected chi connectivity index (χ4v) is 2.59. The van der Waals surface area contributed by atoms with Crippen molar-refractivity contribution >= 4 is 28.8 Å². The van der Waals surface area contributed by atoms with Crippen LogP contribution in [0.2, 0.25) is 5.02 Å². The number of nitrogens with one attached hydrogen (secondary N) is 1. The minimum absolute atomic E-state index is 0.0757. The van der Waals surface area contributed by atoms with Crippen molar-refractivity contribution < 1.29 is 9.18 Å². The average Bonchev–Trinajstić information content (AvgIpc) is 2.92. The van der Waals surface area contributed by atoms with E-state index < -0.39 is 5.82 Å². The molecule has 0 atom stereocenters. The molecule has 0 saturated heterocycles. The first-order valence-electron chi connectivity index (χ1n) is 6.10. The Balaban J connectivity index is 2.04. The van der Waals surface area contributed by atoms with Crippen molar-refractivity contribution in [3.8, 4) is 11.8 Å². The predicted molar refractivity (Wildman–Crippen MR) is 82.8 cm³/mol. The third kappa shape index (κ3) is 4.05. The van der Waals surface area contributed by atoms with E-state index in [4.69, 9.17) is 17.3 Å². The topological polar surface area (TPSA) is 55.1 Å². The highest BCUT2D eigenvalue weighted by Gasteiger charge is 2.10. The number of rotatable bonds is 3. The van der Waals surface area contributed by atoms with Crippen LogP contribution < -0.4 is 11.1 Å². The largest absolute Gasteiger partial charge is 0.347 e. The second-order valence-corrected chi connectivity index (χ2v) is 5.48. The molecule has 0 saturated carbocycles. The summed E-state index contributed by atoms with van der Waals surface area (Å²) in [7, 11) is 0. The summed E-state index contributed by atoms with van der Waals surface area (Å²) < 4.78 is 13.1. The molecule has 3 N–H and O–H groups in total. The maximum atomic E-state index is 13.1. The molecule has 21 heavy (non-hydrogen) atoms. The van der Waals surface area contributed by atoms with Gasteiger partial charge in [-0.05, 0) is 29.6 Å². The molecule has 0 aliphatic carbocycles. The molecule has 0 unspecified atom stereocenters. The molecule has 0 spiro atoms. The number of amides is 1. The molecule has 0 fully saturated rings. The smallest absolute Gasteiger partial charge is 0.251 e. The summed E-state index contributed by atoms with van der Waals surface area (Å²) in [6, 6.07) is 5.74. The minimum atomic E-state index is -0.550. The maximum Gasteiger partial charge on any atom is 0.251 e. The van der Waals surface area contributed by atoms with Crippen molar-refractivity contribution in [1.29, 1.82) is 0 Å². The van der Waals surface area contributed by atoms with Crippen molar-refractivity contribution in [2.75, 3.05) is 6.54 Å². The first-order chi connectivity index (χ1) is 10.1. The number of hydrogen-bond acceptors (Lipinski definition) is 3. The summed E-state index contributed by atoms with van der Waals surface area (Å²) >= 11 is 7.16. The third-order valence-corrected chi connectivity index (χ3v) is 3.87. The molecular formula is C15H12ClFN2OS. The van der Waals surface area contributed by atoms with Crippen LogP contribution >= 0.6 is 22.9 Å². The SMILES string of the molecule is NCC#Cc1ccsc1CNC(=O)c1ccc(F)c(Cl)c1. The Morgan fingerprint density at radius 3 is 2.95 bits per heavy atom. The van der Waals surface area contributed by atoms with Gasteiger partial charge in [0.15, 0.2) is 0 Å². The normalized spacial score (nSPS) is 9.86. The van der Waals surface area contributed by atoms with Gasteiger partial charge >= 0.3 is 0 Å². The zero-order valence-electron chi connectivity index (χ0n) is 11.0. The standard InChI is InChI=1S/C15H12ClFN2OS/c16-12-8-11(3-4-13(12)17)15(20)19-9-14-10(2-1-6-18)5-7-21-14/h3-5,7-8H,6,9,18H2,(H,19,20). The molecule has 1 amide bonds. The van der Waals surface area contributed by atoms with Crippen LogP contribution in [0.15, 0.2) is 29.6 Å². The molecule has 1 aromatic carbocycles. The first-order valence-corrected chi connectivity index (χ1v) is 7.36. The van der Waals surface area contributed by atoms with E-state index in [1.54, 1.807) is 0 Å². The zero-order chi connectivity index (χ0) is 15.2. The van der Waals surface area contributed by atoms with Gasteiger partial charge in [-0.15, -0.1) is 11.3 Å².